The van der Waals surface area contributed by atoms with Gasteiger partial charge in [-0.3, -0.25) is 4.90 Å². The van der Waals surface area contributed by atoms with E-state index in [4.69, 9.17) is 20.2 Å². The van der Waals surface area contributed by atoms with Gasteiger partial charge in [-0.05, 0) is 71.9 Å². The van der Waals surface area contributed by atoms with Crippen molar-refractivity contribution in [3.05, 3.63) is 58.8 Å². The van der Waals surface area contributed by atoms with E-state index in [-0.39, 0.29) is 6.79 Å². The summed E-state index contributed by atoms with van der Waals surface area (Å²) >= 11 is 5.24. The Labute approximate surface area is 222 Å². The normalized spacial score (nSPS) is 16.1. The van der Waals surface area contributed by atoms with Crippen LogP contribution in [-0.2, 0) is 13.1 Å². The Hall–Kier alpha value is -2.82. The Balaban J connectivity index is 1.17. The Morgan fingerprint density at radius 2 is 1.83 bits per heavy atom. The Kier molecular flexibility index (Phi) is 6.73. The molecule has 10 heteroatoms. The van der Waals surface area contributed by atoms with Crippen LogP contribution in [-0.4, -0.2) is 44.3 Å². The fraction of sp³-hybridized carbons (Fsp3) is 0.346. The minimum atomic E-state index is 0.241. The molecule has 2 aromatic carbocycles. The van der Waals surface area contributed by atoms with Crippen LogP contribution in [0.3, 0.4) is 0 Å². The molecule has 2 aliphatic heterocycles. The minimum absolute atomic E-state index is 0.241. The van der Waals surface area contributed by atoms with Crippen molar-refractivity contribution in [2.75, 3.05) is 25.6 Å². The summed E-state index contributed by atoms with van der Waals surface area (Å²) in [4.78, 5) is 17.1. The Bertz CT molecular complexity index is 1370. The van der Waals surface area contributed by atoms with Gasteiger partial charge >= 0.3 is 0 Å². The molecule has 0 radical (unpaired) electrons. The molecular formula is C26H27BrN6O2S. The number of hydrogen-bond acceptors (Lipinski definition) is 8. The van der Waals surface area contributed by atoms with Crippen LogP contribution >= 0.6 is 27.7 Å². The molecule has 2 N–H and O–H groups in total. The van der Waals surface area contributed by atoms with Gasteiger partial charge in [0.05, 0.1) is 0 Å². The maximum absolute atomic E-state index is 6.17. The van der Waals surface area contributed by atoms with E-state index in [0.717, 1.165) is 64.3 Å². The molecule has 4 aromatic rings. The number of nitrogens with zero attached hydrogens (tertiary/aromatic N) is 5. The predicted octanol–water partition coefficient (Wildman–Crippen LogP) is 5.35. The molecule has 2 aromatic heterocycles. The fourth-order valence-corrected chi connectivity index (χ4v) is 6.38. The summed E-state index contributed by atoms with van der Waals surface area (Å²) < 4.78 is 14.2. The average Bonchev–Trinajstić information content (AvgIpc) is 3.49. The first-order valence-electron chi connectivity index (χ1n) is 12.1. The first-order valence-corrected chi connectivity index (χ1v) is 13.7. The van der Waals surface area contributed by atoms with Gasteiger partial charge in [-0.25, -0.2) is 15.0 Å². The van der Waals surface area contributed by atoms with Crippen LogP contribution in [0.4, 0.5) is 5.82 Å². The van der Waals surface area contributed by atoms with Crippen molar-refractivity contribution in [2.24, 2.45) is 5.92 Å². The molecule has 0 atom stereocenters. The topological polar surface area (TPSA) is 91.3 Å². The van der Waals surface area contributed by atoms with Gasteiger partial charge in [0.1, 0.15) is 6.33 Å². The zero-order valence-corrected chi connectivity index (χ0v) is 22.2. The zero-order valence-electron chi connectivity index (χ0n) is 19.8. The van der Waals surface area contributed by atoms with Crippen LogP contribution in [0.1, 0.15) is 24.8 Å². The summed E-state index contributed by atoms with van der Waals surface area (Å²) in [6, 6.07) is 14.7. The molecule has 0 unspecified atom stereocenters. The van der Waals surface area contributed by atoms with E-state index < -0.39 is 0 Å². The third-order valence-corrected chi connectivity index (χ3v) is 8.84. The standard InChI is InChI=1S/C26H27BrN6O2S/c27-19-12-20-21(35-16-34-20)13-22(19)36-26-31-23-24(28)29-15-30-25(23)33(26)11-8-17-6-9-32(10-7-17)14-18-4-2-1-3-5-18/h1-5,12-13,15,17H,6-11,14,16H2,(H2,28,29,30). The molecule has 0 aliphatic carbocycles. The quantitative estimate of drug-likeness (QED) is 0.320. The molecule has 186 valence electrons. The molecule has 1 saturated heterocycles. The fourth-order valence-electron chi connectivity index (χ4n) is 4.88. The summed E-state index contributed by atoms with van der Waals surface area (Å²) in [5.41, 5.74) is 8.98. The van der Waals surface area contributed by atoms with E-state index >= 15 is 0 Å². The summed E-state index contributed by atoms with van der Waals surface area (Å²) in [5.74, 6) is 2.56. The number of nitrogen functional groups attached to an aromatic ring is 1. The molecule has 36 heavy (non-hydrogen) atoms. The number of benzene rings is 2. The van der Waals surface area contributed by atoms with E-state index in [2.05, 4.69) is 65.7 Å². The number of rotatable bonds is 7. The highest BCUT2D eigenvalue weighted by molar-refractivity contribution is 9.10. The van der Waals surface area contributed by atoms with Gasteiger partial charge in [-0.15, -0.1) is 0 Å². The number of ether oxygens (including phenoxy) is 2. The van der Waals surface area contributed by atoms with Gasteiger partial charge in [-0.1, -0.05) is 42.1 Å². The molecule has 4 heterocycles. The lowest BCUT2D eigenvalue weighted by molar-refractivity contribution is 0.169. The van der Waals surface area contributed by atoms with Gasteiger partial charge in [-0.2, -0.15) is 0 Å². The molecular weight excluding hydrogens is 540 g/mol. The number of hydrogen-bond donors (Lipinski definition) is 1. The lowest BCUT2D eigenvalue weighted by atomic mass is 9.93. The largest absolute Gasteiger partial charge is 0.454 e. The highest BCUT2D eigenvalue weighted by Crippen LogP contribution is 2.43. The van der Waals surface area contributed by atoms with Crippen molar-refractivity contribution >= 4 is 44.7 Å². The number of imidazole rings is 1. The van der Waals surface area contributed by atoms with E-state index in [0.29, 0.717) is 17.3 Å². The van der Waals surface area contributed by atoms with E-state index in [1.807, 2.05) is 12.1 Å². The summed E-state index contributed by atoms with van der Waals surface area (Å²) in [6.45, 7) is 4.36. The average molecular weight is 568 g/mol. The predicted molar refractivity (Wildman–Crippen MR) is 143 cm³/mol. The maximum Gasteiger partial charge on any atom is 0.231 e. The highest BCUT2D eigenvalue weighted by Gasteiger charge is 2.23. The number of likely N-dealkylation sites (tertiary alicyclic amines) is 1. The lowest BCUT2D eigenvalue weighted by Crippen LogP contribution is -2.33. The smallest absolute Gasteiger partial charge is 0.231 e. The van der Waals surface area contributed by atoms with Crippen LogP contribution in [0.5, 0.6) is 11.5 Å². The monoisotopic (exact) mass is 566 g/mol. The number of aromatic nitrogens is 4. The molecule has 2 aliphatic rings. The van der Waals surface area contributed by atoms with Crippen molar-refractivity contribution in [1.82, 2.24) is 24.4 Å². The highest BCUT2D eigenvalue weighted by atomic mass is 79.9. The van der Waals surface area contributed by atoms with E-state index in [9.17, 15) is 0 Å². The maximum atomic E-state index is 6.17. The third kappa shape index (κ3) is 4.89. The molecule has 1 fully saturated rings. The molecule has 6 rings (SSSR count). The second-order valence-corrected chi connectivity index (χ2v) is 11.1. The van der Waals surface area contributed by atoms with Crippen molar-refractivity contribution in [3.63, 3.8) is 0 Å². The number of piperidine rings is 1. The second kappa shape index (κ2) is 10.3. The third-order valence-electron chi connectivity index (χ3n) is 6.87. The Morgan fingerprint density at radius 3 is 2.64 bits per heavy atom. The summed E-state index contributed by atoms with van der Waals surface area (Å²) in [5, 5.41) is 0.846. The molecule has 0 amide bonds. The second-order valence-electron chi connectivity index (χ2n) is 9.21. The van der Waals surface area contributed by atoms with Crippen LogP contribution < -0.4 is 15.2 Å². The number of anilines is 1. The van der Waals surface area contributed by atoms with E-state index in [1.165, 1.54) is 24.7 Å². The number of aryl methyl sites for hydroxylation is 1. The number of halogens is 1. The zero-order chi connectivity index (χ0) is 24.5. The number of fused-ring (bicyclic) bond motifs is 2. The first-order chi connectivity index (χ1) is 17.6. The first kappa shape index (κ1) is 23.6. The molecule has 0 bridgehead atoms. The molecule has 8 nitrogen and oxygen atoms in total. The van der Waals surface area contributed by atoms with Gasteiger partial charge in [0.15, 0.2) is 33.6 Å². The number of nitrogens with two attached hydrogens (primary N) is 1. The lowest BCUT2D eigenvalue weighted by Gasteiger charge is -2.32. The van der Waals surface area contributed by atoms with Crippen molar-refractivity contribution < 1.29 is 9.47 Å². The van der Waals surface area contributed by atoms with Crippen molar-refractivity contribution in [2.45, 2.75) is 42.4 Å². The van der Waals surface area contributed by atoms with Crippen LogP contribution in [0.15, 0.2) is 63.3 Å². The van der Waals surface area contributed by atoms with Crippen molar-refractivity contribution in [3.8, 4) is 11.5 Å². The van der Waals surface area contributed by atoms with Gasteiger partial charge < -0.3 is 19.8 Å². The van der Waals surface area contributed by atoms with Gasteiger partial charge in [0, 0.05) is 22.5 Å². The summed E-state index contributed by atoms with van der Waals surface area (Å²) in [6.07, 6.45) is 4.99. The summed E-state index contributed by atoms with van der Waals surface area (Å²) in [7, 11) is 0. The Morgan fingerprint density at radius 1 is 1.06 bits per heavy atom. The van der Waals surface area contributed by atoms with Crippen LogP contribution in [0, 0.1) is 5.92 Å². The van der Waals surface area contributed by atoms with Crippen LogP contribution in [0.25, 0.3) is 11.2 Å². The van der Waals surface area contributed by atoms with E-state index in [1.54, 1.807) is 11.8 Å². The minimum Gasteiger partial charge on any atom is -0.454 e. The SMILES string of the molecule is Nc1ncnc2c1nc(Sc1cc3c(cc1Br)OCO3)n2CCC1CCN(Cc2ccccc2)CC1. The van der Waals surface area contributed by atoms with Crippen molar-refractivity contribution in [1.29, 1.82) is 0 Å². The van der Waals surface area contributed by atoms with Gasteiger partial charge in [0.2, 0.25) is 6.79 Å². The van der Waals surface area contributed by atoms with Gasteiger partial charge in [0.25, 0.3) is 0 Å². The molecule has 0 spiro atoms. The molecule has 0 saturated carbocycles. The van der Waals surface area contributed by atoms with Crippen LogP contribution in [0.2, 0.25) is 0 Å².